The molecule has 1 heteroatoms. The van der Waals surface area contributed by atoms with Crippen molar-refractivity contribution in [2.45, 2.75) is 13.8 Å². The van der Waals surface area contributed by atoms with Crippen molar-refractivity contribution in [3.8, 4) is 0 Å². The normalized spacial score (nSPS) is 23.7. The van der Waals surface area contributed by atoms with Gasteiger partial charge in [-0.2, -0.15) is 0 Å². The summed E-state index contributed by atoms with van der Waals surface area (Å²) in [5.74, 6) is 0.120. The second-order valence-electron chi connectivity index (χ2n) is 4.06. The Hall–Kier alpha value is -1.37. The van der Waals surface area contributed by atoms with Crippen LogP contribution in [0.25, 0.3) is 0 Å². The van der Waals surface area contributed by atoms with E-state index in [9.17, 15) is 4.79 Å². The summed E-state index contributed by atoms with van der Waals surface area (Å²) >= 11 is 0. The third-order valence-corrected chi connectivity index (χ3v) is 2.31. The zero-order valence-electron chi connectivity index (χ0n) is 7.87. The molecule has 2 rings (SSSR count). The van der Waals surface area contributed by atoms with E-state index < -0.39 is 0 Å². The zero-order valence-corrected chi connectivity index (χ0v) is 7.87. The molecule has 0 bridgehead atoms. The maximum atomic E-state index is 11.5. The fraction of sp³-hybridized carbons (Fsp3) is 0.250. The Morgan fingerprint density at radius 3 is 2.77 bits per heavy atom. The van der Waals surface area contributed by atoms with Crippen molar-refractivity contribution in [3.05, 3.63) is 47.6 Å². The van der Waals surface area contributed by atoms with Crippen molar-refractivity contribution in [1.82, 2.24) is 0 Å². The molecule has 0 aromatic rings. The molecule has 13 heavy (non-hydrogen) atoms. The standard InChI is InChI=1S/C12H12O/c1-12(2)7-6-9-4-3-5-11(13)10(9)8-12/h3-8H,1-2H3. The quantitative estimate of drug-likeness (QED) is 0.549. The van der Waals surface area contributed by atoms with Crippen molar-refractivity contribution in [1.29, 1.82) is 0 Å². The first kappa shape index (κ1) is 8.24. The molecule has 0 aromatic carbocycles. The van der Waals surface area contributed by atoms with Crippen molar-refractivity contribution < 1.29 is 4.79 Å². The van der Waals surface area contributed by atoms with Crippen LogP contribution < -0.4 is 0 Å². The van der Waals surface area contributed by atoms with E-state index in [0.29, 0.717) is 0 Å². The summed E-state index contributed by atoms with van der Waals surface area (Å²) in [5, 5.41) is 0. The largest absolute Gasteiger partial charge is 0.289 e. The molecule has 0 aromatic heterocycles. The van der Waals surface area contributed by atoms with Gasteiger partial charge in [-0.05, 0) is 11.6 Å². The van der Waals surface area contributed by atoms with Gasteiger partial charge in [-0.3, -0.25) is 4.79 Å². The molecule has 66 valence electrons. The summed E-state index contributed by atoms with van der Waals surface area (Å²) in [4.78, 5) is 11.5. The lowest BCUT2D eigenvalue weighted by molar-refractivity contribution is -0.111. The van der Waals surface area contributed by atoms with Crippen LogP contribution in [0, 0.1) is 5.41 Å². The van der Waals surface area contributed by atoms with Gasteiger partial charge < -0.3 is 0 Å². The Morgan fingerprint density at radius 2 is 2.00 bits per heavy atom. The number of hydrogen-bond acceptors (Lipinski definition) is 1. The average Bonchev–Trinajstić information content (AvgIpc) is 2.06. The highest BCUT2D eigenvalue weighted by Crippen LogP contribution is 2.32. The van der Waals surface area contributed by atoms with Crippen molar-refractivity contribution in [2.75, 3.05) is 0 Å². The van der Waals surface area contributed by atoms with E-state index in [1.807, 2.05) is 18.2 Å². The van der Waals surface area contributed by atoms with Gasteiger partial charge in [-0.25, -0.2) is 0 Å². The van der Waals surface area contributed by atoms with Crippen molar-refractivity contribution in [2.24, 2.45) is 5.41 Å². The highest BCUT2D eigenvalue weighted by Gasteiger charge is 2.22. The first-order chi connectivity index (χ1) is 6.08. The lowest BCUT2D eigenvalue weighted by Gasteiger charge is -2.23. The van der Waals surface area contributed by atoms with Crippen LogP contribution >= 0.6 is 0 Å². The highest BCUT2D eigenvalue weighted by atomic mass is 16.1. The number of allylic oxidation sites excluding steroid dienone is 8. The minimum atomic E-state index is 0.00745. The number of carbonyl (C=O) groups excluding carboxylic acids is 1. The van der Waals surface area contributed by atoms with Crippen LogP contribution in [0.15, 0.2) is 47.6 Å². The van der Waals surface area contributed by atoms with Gasteiger partial charge in [0, 0.05) is 11.0 Å². The Labute approximate surface area is 78.1 Å². The van der Waals surface area contributed by atoms with E-state index in [4.69, 9.17) is 0 Å². The summed E-state index contributed by atoms with van der Waals surface area (Å²) in [6.45, 7) is 4.19. The number of ketones is 1. The van der Waals surface area contributed by atoms with Gasteiger partial charge >= 0.3 is 0 Å². The molecule has 2 aliphatic carbocycles. The van der Waals surface area contributed by atoms with Crippen LogP contribution in [0.5, 0.6) is 0 Å². The molecule has 0 saturated carbocycles. The number of fused-ring (bicyclic) bond motifs is 1. The lowest BCUT2D eigenvalue weighted by atomic mass is 9.80. The zero-order chi connectivity index (χ0) is 9.47. The van der Waals surface area contributed by atoms with Crippen LogP contribution in [0.2, 0.25) is 0 Å². The summed E-state index contributed by atoms with van der Waals surface area (Å²) < 4.78 is 0. The van der Waals surface area contributed by atoms with E-state index in [1.165, 1.54) is 0 Å². The second-order valence-corrected chi connectivity index (χ2v) is 4.06. The number of rotatable bonds is 0. The van der Waals surface area contributed by atoms with E-state index in [0.717, 1.165) is 11.1 Å². The third-order valence-electron chi connectivity index (χ3n) is 2.31. The molecule has 0 radical (unpaired) electrons. The van der Waals surface area contributed by atoms with Crippen LogP contribution in [0.1, 0.15) is 13.8 Å². The fourth-order valence-corrected chi connectivity index (χ4v) is 1.59. The van der Waals surface area contributed by atoms with Gasteiger partial charge in [-0.1, -0.05) is 44.2 Å². The minimum Gasteiger partial charge on any atom is -0.289 e. The smallest absolute Gasteiger partial charge is 0.186 e. The van der Waals surface area contributed by atoms with Gasteiger partial charge in [-0.15, -0.1) is 0 Å². The van der Waals surface area contributed by atoms with Crippen molar-refractivity contribution >= 4 is 5.78 Å². The Balaban J connectivity index is 2.50. The Bertz CT molecular complexity index is 376. The van der Waals surface area contributed by atoms with E-state index in [2.05, 4.69) is 19.9 Å². The number of hydrogen-bond donors (Lipinski definition) is 0. The van der Waals surface area contributed by atoms with Gasteiger partial charge in [0.2, 0.25) is 0 Å². The van der Waals surface area contributed by atoms with Crippen LogP contribution in [-0.4, -0.2) is 5.78 Å². The summed E-state index contributed by atoms with van der Waals surface area (Å²) in [6, 6.07) is 0. The fourth-order valence-electron chi connectivity index (χ4n) is 1.59. The number of carbonyl (C=O) groups is 1. The predicted octanol–water partition coefficient (Wildman–Crippen LogP) is 2.57. The molecule has 0 atom stereocenters. The Morgan fingerprint density at radius 1 is 1.23 bits per heavy atom. The molecule has 0 saturated heterocycles. The monoisotopic (exact) mass is 172 g/mol. The topological polar surface area (TPSA) is 17.1 Å². The van der Waals surface area contributed by atoms with E-state index >= 15 is 0 Å². The van der Waals surface area contributed by atoms with Crippen LogP contribution in [-0.2, 0) is 4.79 Å². The molecule has 0 heterocycles. The Kier molecular flexibility index (Phi) is 1.62. The summed E-state index contributed by atoms with van der Waals surface area (Å²) in [7, 11) is 0. The maximum absolute atomic E-state index is 11.5. The van der Waals surface area contributed by atoms with Gasteiger partial charge in [0.15, 0.2) is 5.78 Å². The lowest BCUT2D eigenvalue weighted by Crippen LogP contribution is -2.15. The van der Waals surface area contributed by atoms with Gasteiger partial charge in [0.1, 0.15) is 0 Å². The molecule has 0 N–H and O–H groups in total. The molecule has 2 aliphatic rings. The van der Waals surface area contributed by atoms with Gasteiger partial charge in [0.05, 0.1) is 0 Å². The predicted molar refractivity (Wildman–Crippen MR) is 53.2 cm³/mol. The second kappa shape index (κ2) is 2.56. The molecule has 0 aliphatic heterocycles. The molecule has 1 nitrogen and oxygen atoms in total. The summed E-state index contributed by atoms with van der Waals surface area (Å²) in [5.41, 5.74) is 1.88. The first-order valence-corrected chi connectivity index (χ1v) is 4.44. The van der Waals surface area contributed by atoms with E-state index in [-0.39, 0.29) is 11.2 Å². The molecular formula is C12H12O. The average molecular weight is 172 g/mol. The molecule has 0 amide bonds. The molecule has 0 spiro atoms. The SMILES string of the molecule is CC1(C)C=CC2=CC=CC(=O)C2=C1. The van der Waals surface area contributed by atoms with Crippen molar-refractivity contribution in [3.63, 3.8) is 0 Å². The highest BCUT2D eigenvalue weighted by molar-refractivity contribution is 6.09. The van der Waals surface area contributed by atoms with E-state index in [1.54, 1.807) is 12.2 Å². The van der Waals surface area contributed by atoms with Crippen LogP contribution in [0.4, 0.5) is 0 Å². The first-order valence-electron chi connectivity index (χ1n) is 4.44. The summed E-state index contributed by atoms with van der Waals surface area (Å²) in [6.07, 6.45) is 11.6. The molecule has 0 fully saturated rings. The minimum absolute atomic E-state index is 0.00745. The maximum Gasteiger partial charge on any atom is 0.186 e. The molecular weight excluding hydrogens is 160 g/mol. The molecule has 0 unspecified atom stereocenters. The third kappa shape index (κ3) is 1.42. The van der Waals surface area contributed by atoms with Crippen LogP contribution in [0.3, 0.4) is 0 Å². The van der Waals surface area contributed by atoms with Gasteiger partial charge in [0.25, 0.3) is 0 Å².